The van der Waals surface area contributed by atoms with Gasteiger partial charge in [0.15, 0.2) is 11.0 Å². The number of halogens is 1. The summed E-state index contributed by atoms with van der Waals surface area (Å²) >= 11 is 7.27. The molecule has 1 aromatic heterocycles. The lowest BCUT2D eigenvalue weighted by Gasteiger charge is -2.21. The van der Waals surface area contributed by atoms with Gasteiger partial charge < -0.3 is 14.6 Å². The number of rotatable bonds is 6. The van der Waals surface area contributed by atoms with Crippen molar-refractivity contribution in [2.45, 2.75) is 50.2 Å². The van der Waals surface area contributed by atoms with Gasteiger partial charge in [-0.3, -0.25) is 10.1 Å². The zero-order valence-electron chi connectivity index (χ0n) is 16.4. The number of urea groups is 1. The average molecular weight is 426 g/mol. The summed E-state index contributed by atoms with van der Waals surface area (Å²) in [6.07, 6.45) is 0. The molecule has 0 aliphatic rings. The molecular weight excluding hydrogens is 402 g/mol. The van der Waals surface area contributed by atoms with Crippen molar-refractivity contribution in [3.8, 4) is 5.75 Å². The molecule has 2 aromatic rings. The predicted molar refractivity (Wildman–Crippen MR) is 109 cm³/mol. The molecule has 0 saturated heterocycles. The number of aromatic nitrogens is 3. The molecule has 8 nitrogen and oxygen atoms in total. The number of carbonyl (C=O) groups is 2. The highest BCUT2D eigenvalue weighted by molar-refractivity contribution is 8.00. The summed E-state index contributed by atoms with van der Waals surface area (Å²) in [5.41, 5.74) is -0.430. The first-order valence-electron chi connectivity index (χ1n) is 8.62. The van der Waals surface area contributed by atoms with E-state index in [1.807, 2.05) is 32.9 Å². The van der Waals surface area contributed by atoms with Crippen LogP contribution < -0.4 is 15.4 Å². The van der Waals surface area contributed by atoms with E-state index >= 15 is 0 Å². The van der Waals surface area contributed by atoms with Gasteiger partial charge in [0.1, 0.15) is 12.4 Å². The number of amides is 3. The lowest BCUT2D eigenvalue weighted by Crippen LogP contribution is -2.49. The van der Waals surface area contributed by atoms with E-state index in [1.54, 1.807) is 30.7 Å². The van der Waals surface area contributed by atoms with E-state index in [0.29, 0.717) is 21.8 Å². The molecule has 0 spiro atoms. The fraction of sp³-hybridized carbons (Fsp3) is 0.444. The van der Waals surface area contributed by atoms with Gasteiger partial charge in [-0.2, -0.15) is 0 Å². The van der Waals surface area contributed by atoms with E-state index in [-0.39, 0.29) is 6.61 Å². The third kappa shape index (κ3) is 6.42. The molecule has 1 aromatic carbocycles. The molecular formula is C18H24ClN5O3S. The summed E-state index contributed by atoms with van der Waals surface area (Å²) in [7, 11) is 1.78. The Morgan fingerprint density at radius 2 is 1.96 bits per heavy atom. The van der Waals surface area contributed by atoms with Crippen molar-refractivity contribution in [3.05, 3.63) is 35.1 Å². The Kier molecular flexibility index (Phi) is 7.31. The van der Waals surface area contributed by atoms with Crippen molar-refractivity contribution < 1.29 is 14.3 Å². The first-order chi connectivity index (χ1) is 13.1. The molecule has 0 aliphatic heterocycles. The van der Waals surface area contributed by atoms with Gasteiger partial charge in [0.25, 0.3) is 0 Å². The van der Waals surface area contributed by atoms with Crippen LogP contribution in [0.1, 0.15) is 33.5 Å². The van der Waals surface area contributed by atoms with E-state index in [9.17, 15) is 9.59 Å². The van der Waals surface area contributed by atoms with E-state index < -0.39 is 22.7 Å². The van der Waals surface area contributed by atoms with Gasteiger partial charge in [0, 0.05) is 12.6 Å². The maximum atomic E-state index is 12.2. The Balaban J connectivity index is 1.93. The minimum absolute atomic E-state index is 0.183. The number of ether oxygens (including phenoxy) is 1. The molecule has 152 valence electrons. The van der Waals surface area contributed by atoms with Gasteiger partial charge in [0.2, 0.25) is 5.91 Å². The highest BCUT2D eigenvalue weighted by Crippen LogP contribution is 2.25. The van der Waals surface area contributed by atoms with Crippen LogP contribution in [0.2, 0.25) is 5.02 Å². The van der Waals surface area contributed by atoms with Crippen molar-refractivity contribution >= 4 is 35.3 Å². The van der Waals surface area contributed by atoms with Gasteiger partial charge in [-0.15, -0.1) is 10.2 Å². The highest BCUT2D eigenvalue weighted by Gasteiger charge is 2.22. The standard InChI is InChI=1S/C18H24ClN5O3S/c1-11(15(25)20-16(26)21-18(2,3)4)28-17-23-22-14(24(17)5)10-27-13-9-7-6-8-12(13)19/h6-9,11H,10H2,1-5H3,(H2,20,21,25,26). The number of para-hydroxylation sites is 1. The number of thioether (sulfide) groups is 1. The smallest absolute Gasteiger partial charge is 0.321 e. The minimum atomic E-state index is -0.536. The normalized spacial score (nSPS) is 12.4. The molecule has 3 amide bonds. The van der Waals surface area contributed by atoms with Crippen LogP contribution in [-0.4, -0.2) is 37.5 Å². The molecule has 28 heavy (non-hydrogen) atoms. The maximum absolute atomic E-state index is 12.2. The average Bonchev–Trinajstić information content (AvgIpc) is 2.92. The van der Waals surface area contributed by atoms with Crippen LogP contribution in [0.25, 0.3) is 0 Å². The van der Waals surface area contributed by atoms with Crippen molar-refractivity contribution in [2.24, 2.45) is 7.05 Å². The second kappa shape index (κ2) is 9.29. The van der Waals surface area contributed by atoms with E-state index in [1.165, 1.54) is 11.8 Å². The van der Waals surface area contributed by atoms with Crippen molar-refractivity contribution in [1.82, 2.24) is 25.4 Å². The third-order valence-corrected chi connectivity index (χ3v) is 4.94. The fourth-order valence-electron chi connectivity index (χ4n) is 2.07. The number of hydrogen-bond donors (Lipinski definition) is 2. The van der Waals surface area contributed by atoms with Gasteiger partial charge in [-0.25, -0.2) is 4.79 Å². The monoisotopic (exact) mass is 425 g/mol. The first-order valence-corrected chi connectivity index (χ1v) is 9.88. The molecule has 2 rings (SSSR count). The van der Waals surface area contributed by atoms with Crippen LogP contribution in [0.4, 0.5) is 4.79 Å². The molecule has 2 N–H and O–H groups in total. The Bertz CT molecular complexity index is 850. The van der Waals surface area contributed by atoms with Gasteiger partial charge >= 0.3 is 6.03 Å². The molecule has 10 heteroatoms. The number of nitrogens with one attached hydrogen (secondary N) is 2. The molecule has 1 atom stereocenters. The molecule has 0 fully saturated rings. The summed E-state index contributed by atoms with van der Waals surface area (Å²) in [6, 6.07) is 6.63. The number of hydrogen-bond acceptors (Lipinski definition) is 6. The summed E-state index contributed by atoms with van der Waals surface area (Å²) < 4.78 is 7.41. The number of imide groups is 1. The third-order valence-electron chi connectivity index (χ3n) is 3.50. The molecule has 0 saturated carbocycles. The quantitative estimate of drug-likeness (QED) is 0.690. The van der Waals surface area contributed by atoms with Crippen molar-refractivity contribution in [2.75, 3.05) is 0 Å². The summed E-state index contributed by atoms with van der Waals surface area (Å²) in [4.78, 5) is 24.1. The van der Waals surface area contributed by atoms with E-state index in [0.717, 1.165) is 0 Å². The lowest BCUT2D eigenvalue weighted by molar-refractivity contribution is -0.119. The van der Waals surface area contributed by atoms with Crippen molar-refractivity contribution in [3.63, 3.8) is 0 Å². The molecule has 0 bridgehead atoms. The number of nitrogens with zero attached hydrogens (tertiary/aromatic N) is 3. The fourth-order valence-corrected chi connectivity index (χ4v) is 3.10. The largest absolute Gasteiger partial charge is 0.484 e. The Hall–Kier alpha value is -2.26. The molecule has 0 radical (unpaired) electrons. The SMILES string of the molecule is CC(Sc1nnc(COc2ccccc2Cl)n1C)C(=O)NC(=O)NC(C)(C)C. The van der Waals surface area contributed by atoms with Crippen LogP contribution in [0.5, 0.6) is 5.75 Å². The van der Waals surface area contributed by atoms with Gasteiger partial charge in [-0.1, -0.05) is 35.5 Å². The Morgan fingerprint density at radius 3 is 2.61 bits per heavy atom. The maximum Gasteiger partial charge on any atom is 0.321 e. The molecule has 1 heterocycles. The first kappa shape index (κ1) is 22.0. The highest BCUT2D eigenvalue weighted by atomic mass is 35.5. The van der Waals surface area contributed by atoms with Crippen LogP contribution in [0.15, 0.2) is 29.4 Å². The second-order valence-electron chi connectivity index (χ2n) is 7.13. The topological polar surface area (TPSA) is 98.1 Å². The zero-order chi connectivity index (χ0) is 20.9. The summed E-state index contributed by atoms with van der Waals surface area (Å²) in [5, 5.41) is 13.7. The zero-order valence-corrected chi connectivity index (χ0v) is 18.0. The Morgan fingerprint density at radius 1 is 1.29 bits per heavy atom. The van der Waals surface area contributed by atoms with Gasteiger partial charge in [-0.05, 0) is 39.8 Å². The lowest BCUT2D eigenvalue weighted by atomic mass is 10.1. The van der Waals surface area contributed by atoms with Gasteiger partial charge in [0.05, 0.1) is 10.3 Å². The van der Waals surface area contributed by atoms with Crippen LogP contribution in [0.3, 0.4) is 0 Å². The summed E-state index contributed by atoms with van der Waals surface area (Å²) in [5.74, 6) is 0.725. The van der Waals surface area contributed by atoms with Crippen LogP contribution in [0, 0.1) is 0 Å². The number of carbonyl (C=O) groups excluding carboxylic acids is 2. The predicted octanol–water partition coefficient (Wildman–Crippen LogP) is 3.15. The van der Waals surface area contributed by atoms with Crippen molar-refractivity contribution in [1.29, 1.82) is 0 Å². The summed E-state index contributed by atoms with van der Waals surface area (Å²) in [6.45, 7) is 7.38. The van der Waals surface area contributed by atoms with Crippen LogP contribution >= 0.6 is 23.4 Å². The second-order valence-corrected chi connectivity index (χ2v) is 8.85. The Labute approximate surface area is 173 Å². The molecule has 1 unspecified atom stereocenters. The van der Waals surface area contributed by atoms with E-state index in [4.69, 9.17) is 16.3 Å². The van der Waals surface area contributed by atoms with Crippen LogP contribution in [-0.2, 0) is 18.4 Å². The van der Waals surface area contributed by atoms with E-state index in [2.05, 4.69) is 20.8 Å². The number of benzene rings is 1. The minimum Gasteiger partial charge on any atom is -0.484 e. The molecule has 0 aliphatic carbocycles.